The van der Waals surface area contributed by atoms with Crippen LogP contribution in [0, 0.1) is 25.7 Å². The average Bonchev–Trinajstić information content (AvgIpc) is 2.44. The highest BCUT2D eigenvalue weighted by Gasteiger charge is 2.06. The molecule has 0 saturated heterocycles. The van der Waals surface area contributed by atoms with Gasteiger partial charge in [0.15, 0.2) is 0 Å². The maximum absolute atomic E-state index is 12.2. The second-order valence-electron chi connectivity index (χ2n) is 4.92. The van der Waals surface area contributed by atoms with Crippen molar-refractivity contribution in [1.29, 1.82) is 0 Å². The number of rotatable bonds is 2. The number of hydrogen-bond acceptors (Lipinski definition) is 2. The van der Waals surface area contributed by atoms with Crippen LogP contribution in [0.3, 0.4) is 0 Å². The number of benzene rings is 2. The maximum Gasteiger partial charge on any atom is 0.255 e. The monoisotopic (exact) mass is 278 g/mol. The van der Waals surface area contributed by atoms with Crippen molar-refractivity contribution in [2.75, 3.05) is 11.9 Å². The van der Waals surface area contributed by atoms with Gasteiger partial charge >= 0.3 is 0 Å². The van der Waals surface area contributed by atoms with Crippen molar-refractivity contribution < 1.29 is 4.79 Å². The van der Waals surface area contributed by atoms with Crippen LogP contribution in [0.15, 0.2) is 42.5 Å². The Bertz CT molecular complexity index is 723. The predicted molar refractivity (Wildman–Crippen MR) is 86.2 cm³/mol. The predicted octanol–water partition coefficient (Wildman–Crippen LogP) is 2.87. The van der Waals surface area contributed by atoms with Crippen LogP contribution in [-0.2, 0) is 0 Å². The van der Waals surface area contributed by atoms with Crippen LogP contribution in [-0.4, -0.2) is 12.5 Å². The lowest BCUT2D eigenvalue weighted by Crippen LogP contribution is -2.12. The van der Waals surface area contributed by atoms with Crippen molar-refractivity contribution in [1.82, 2.24) is 0 Å². The van der Waals surface area contributed by atoms with Gasteiger partial charge in [0.05, 0.1) is 6.54 Å². The van der Waals surface area contributed by atoms with E-state index in [4.69, 9.17) is 5.73 Å². The van der Waals surface area contributed by atoms with Gasteiger partial charge in [-0.2, -0.15) is 0 Å². The third kappa shape index (κ3) is 4.20. The van der Waals surface area contributed by atoms with Gasteiger partial charge in [0.1, 0.15) is 0 Å². The third-order valence-electron chi connectivity index (χ3n) is 2.95. The van der Waals surface area contributed by atoms with Crippen molar-refractivity contribution in [3.63, 3.8) is 0 Å². The van der Waals surface area contributed by atoms with Crippen molar-refractivity contribution in [3.8, 4) is 11.8 Å². The molecule has 0 unspecified atom stereocenters. The molecule has 3 heteroatoms. The Morgan fingerprint density at radius 2 is 1.95 bits per heavy atom. The fraction of sp³-hybridized carbons (Fsp3) is 0.167. The first kappa shape index (κ1) is 14.8. The highest BCUT2D eigenvalue weighted by molar-refractivity contribution is 6.04. The Kier molecular flexibility index (Phi) is 4.76. The van der Waals surface area contributed by atoms with E-state index in [2.05, 4.69) is 17.2 Å². The minimum atomic E-state index is -0.123. The molecule has 0 radical (unpaired) electrons. The Morgan fingerprint density at radius 3 is 2.67 bits per heavy atom. The van der Waals surface area contributed by atoms with Gasteiger partial charge in [0.25, 0.3) is 5.91 Å². The summed E-state index contributed by atoms with van der Waals surface area (Å²) in [5.74, 6) is 5.67. The minimum Gasteiger partial charge on any atom is -0.322 e. The Labute approximate surface area is 125 Å². The summed E-state index contributed by atoms with van der Waals surface area (Å²) in [5.41, 5.74) is 9.71. The average molecular weight is 278 g/mol. The number of nitrogens with one attached hydrogen (secondary N) is 1. The van der Waals surface area contributed by atoms with E-state index >= 15 is 0 Å². The fourth-order valence-electron chi connectivity index (χ4n) is 2.07. The van der Waals surface area contributed by atoms with Crippen LogP contribution < -0.4 is 11.1 Å². The van der Waals surface area contributed by atoms with Crippen molar-refractivity contribution in [3.05, 3.63) is 64.7 Å². The van der Waals surface area contributed by atoms with E-state index in [0.29, 0.717) is 12.1 Å². The Morgan fingerprint density at radius 1 is 1.14 bits per heavy atom. The van der Waals surface area contributed by atoms with E-state index in [1.807, 2.05) is 50.2 Å². The number of anilines is 1. The number of nitrogens with two attached hydrogens (primary N) is 1. The van der Waals surface area contributed by atoms with E-state index in [1.54, 1.807) is 6.07 Å². The molecule has 2 aromatic carbocycles. The molecule has 0 atom stereocenters. The summed E-state index contributed by atoms with van der Waals surface area (Å²) >= 11 is 0. The summed E-state index contributed by atoms with van der Waals surface area (Å²) in [6.07, 6.45) is 0. The number of hydrogen-bond donors (Lipinski definition) is 2. The van der Waals surface area contributed by atoms with Crippen LogP contribution >= 0.6 is 0 Å². The standard InChI is InChI=1S/C18H18N2O/c1-13-5-3-7-16(10-13)18(21)20-17-11-14(2)9-15(12-17)6-4-8-19/h3,5,7,9-12H,8,19H2,1-2H3,(H,20,21). The quantitative estimate of drug-likeness (QED) is 0.830. The molecule has 1 amide bonds. The van der Waals surface area contributed by atoms with Gasteiger partial charge in [-0.05, 0) is 49.7 Å². The molecule has 0 spiro atoms. The van der Waals surface area contributed by atoms with E-state index in [-0.39, 0.29) is 5.91 Å². The number of carbonyl (C=O) groups is 1. The van der Waals surface area contributed by atoms with Crippen molar-refractivity contribution >= 4 is 11.6 Å². The summed E-state index contributed by atoms with van der Waals surface area (Å²) in [6, 6.07) is 13.2. The van der Waals surface area contributed by atoms with E-state index in [9.17, 15) is 4.79 Å². The molecule has 21 heavy (non-hydrogen) atoms. The molecule has 0 aromatic heterocycles. The molecule has 3 N–H and O–H groups in total. The first-order valence-corrected chi connectivity index (χ1v) is 6.77. The number of amides is 1. The topological polar surface area (TPSA) is 55.1 Å². The zero-order chi connectivity index (χ0) is 15.2. The van der Waals surface area contributed by atoms with Crippen LogP contribution in [0.25, 0.3) is 0 Å². The van der Waals surface area contributed by atoms with E-state index in [1.165, 1.54) is 0 Å². The molecule has 0 aliphatic carbocycles. The second-order valence-corrected chi connectivity index (χ2v) is 4.92. The zero-order valence-corrected chi connectivity index (χ0v) is 12.2. The molecule has 0 heterocycles. The first-order valence-electron chi connectivity index (χ1n) is 6.77. The molecule has 0 aliphatic rings. The molecular weight excluding hydrogens is 260 g/mol. The second kappa shape index (κ2) is 6.74. The summed E-state index contributed by atoms with van der Waals surface area (Å²) in [6.45, 7) is 4.25. The van der Waals surface area contributed by atoms with Crippen molar-refractivity contribution in [2.24, 2.45) is 5.73 Å². The van der Waals surface area contributed by atoms with Crippen LogP contribution in [0.4, 0.5) is 5.69 Å². The van der Waals surface area contributed by atoms with Gasteiger partial charge in [-0.25, -0.2) is 0 Å². The highest BCUT2D eigenvalue weighted by Crippen LogP contribution is 2.15. The molecule has 106 valence electrons. The van der Waals surface area contributed by atoms with Gasteiger partial charge in [-0.15, -0.1) is 0 Å². The summed E-state index contributed by atoms with van der Waals surface area (Å²) in [4.78, 5) is 12.2. The molecule has 0 aliphatic heterocycles. The number of aryl methyl sites for hydroxylation is 2. The van der Waals surface area contributed by atoms with Crippen molar-refractivity contribution in [2.45, 2.75) is 13.8 Å². The minimum absolute atomic E-state index is 0.123. The first-order chi connectivity index (χ1) is 10.1. The van der Waals surface area contributed by atoms with Gasteiger partial charge in [-0.3, -0.25) is 4.79 Å². The normalized spacial score (nSPS) is 9.67. The molecule has 2 rings (SSSR count). The number of carbonyl (C=O) groups excluding carboxylic acids is 1. The smallest absolute Gasteiger partial charge is 0.255 e. The van der Waals surface area contributed by atoms with Crippen LogP contribution in [0.5, 0.6) is 0 Å². The van der Waals surface area contributed by atoms with Gasteiger partial charge in [0.2, 0.25) is 0 Å². The fourth-order valence-corrected chi connectivity index (χ4v) is 2.07. The molecule has 0 fully saturated rings. The molecule has 3 nitrogen and oxygen atoms in total. The lowest BCUT2D eigenvalue weighted by Gasteiger charge is -2.08. The summed E-state index contributed by atoms with van der Waals surface area (Å²) in [5, 5.41) is 2.91. The highest BCUT2D eigenvalue weighted by atomic mass is 16.1. The molecule has 0 bridgehead atoms. The largest absolute Gasteiger partial charge is 0.322 e. The Balaban J connectivity index is 2.23. The zero-order valence-electron chi connectivity index (χ0n) is 12.2. The van der Waals surface area contributed by atoms with Crippen LogP contribution in [0.1, 0.15) is 27.0 Å². The molecular formula is C18H18N2O. The van der Waals surface area contributed by atoms with Gasteiger partial charge in [0, 0.05) is 16.8 Å². The summed E-state index contributed by atoms with van der Waals surface area (Å²) < 4.78 is 0. The van der Waals surface area contributed by atoms with Crippen LogP contribution in [0.2, 0.25) is 0 Å². The lowest BCUT2D eigenvalue weighted by molar-refractivity contribution is 0.102. The maximum atomic E-state index is 12.2. The van der Waals surface area contributed by atoms with Gasteiger partial charge < -0.3 is 11.1 Å². The molecule has 0 saturated carbocycles. The lowest BCUT2D eigenvalue weighted by atomic mass is 10.1. The Hall–Kier alpha value is -2.57. The third-order valence-corrected chi connectivity index (χ3v) is 2.95. The van der Waals surface area contributed by atoms with E-state index in [0.717, 1.165) is 22.4 Å². The van der Waals surface area contributed by atoms with E-state index < -0.39 is 0 Å². The summed E-state index contributed by atoms with van der Waals surface area (Å²) in [7, 11) is 0. The SMILES string of the molecule is Cc1cc(C#CCN)cc(NC(=O)c2cccc(C)c2)c1. The molecule has 2 aromatic rings. The van der Waals surface area contributed by atoms with Gasteiger partial charge in [-0.1, -0.05) is 29.5 Å².